The lowest BCUT2D eigenvalue weighted by atomic mass is 10.1. The molecule has 20 heavy (non-hydrogen) atoms. The van der Waals surface area contributed by atoms with Gasteiger partial charge in [-0.25, -0.2) is 13.6 Å². The van der Waals surface area contributed by atoms with Gasteiger partial charge < -0.3 is 14.9 Å². The van der Waals surface area contributed by atoms with Crippen molar-refractivity contribution in [2.75, 3.05) is 31.1 Å². The molecule has 2 saturated heterocycles. The van der Waals surface area contributed by atoms with Crippen LogP contribution in [0.25, 0.3) is 0 Å². The average Bonchev–Trinajstić information content (AvgIpc) is 2.38. The van der Waals surface area contributed by atoms with Crippen LogP contribution in [0, 0.1) is 0 Å². The number of carbonyl (C=O) groups excluding carboxylic acids is 1. The van der Waals surface area contributed by atoms with E-state index in [0.29, 0.717) is 12.3 Å². The summed E-state index contributed by atoms with van der Waals surface area (Å²) in [4.78, 5) is 26.2. The minimum absolute atomic E-state index is 0.0370. The smallest absolute Gasteiger partial charge is 0.320 e. The first kappa shape index (κ1) is 15.3. The molecular formula is C12H18F2N2O3S. The van der Waals surface area contributed by atoms with Crippen molar-refractivity contribution in [2.45, 2.75) is 31.2 Å². The maximum atomic E-state index is 13.1. The lowest BCUT2D eigenvalue weighted by Crippen LogP contribution is -2.55. The number of amides is 2. The highest BCUT2D eigenvalue weighted by Gasteiger charge is 2.38. The molecule has 8 heteroatoms. The van der Waals surface area contributed by atoms with Crippen LogP contribution in [-0.4, -0.2) is 70.0 Å². The summed E-state index contributed by atoms with van der Waals surface area (Å²) in [6, 6.07) is -0.645. The number of hydrogen-bond donors (Lipinski definition) is 1. The fourth-order valence-corrected chi connectivity index (χ4v) is 3.55. The number of aliphatic carboxylic acids is 1. The Hall–Kier alpha value is -1.05. The summed E-state index contributed by atoms with van der Waals surface area (Å²) in [5, 5.41) is 8.88. The van der Waals surface area contributed by atoms with Crippen molar-refractivity contribution in [2.24, 2.45) is 0 Å². The number of carboxylic acids is 1. The quantitative estimate of drug-likeness (QED) is 0.844. The summed E-state index contributed by atoms with van der Waals surface area (Å²) in [7, 11) is 0. The van der Waals surface area contributed by atoms with Crippen molar-refractivity contribution in [1.82, 2.24) is 9.80 Å². The van der Waals surface area contributed by atoms with Gasteiger partial charge in [0, 0.05) is 44.0 Å². The first-order valence-corrected chi connectivity index (χ1v) is 7.77. The monoisotopic (exact) mass is 308 g/mol. The summed E-state index contributed by atoms with van der Waals surface area (Å²) in [6.07, 6.45) is -0.724. The van der Waals surface area contributed by atoms with Gasteiger partial charge in [-0.1, -0.05) is 0 Å². The van der Waals surface area contributed by atoms with Crippen molar-refractivity contribution in [1.29, 1.82) is 0 Å². The molecule has 0 bridgehead atoms. The van der Waals surface area contributed by atoms with E-state index in [1.807, 2.05) is 0 Å². The molecule has 0 spiro atoms. The van der Waals surface area contributed by atoms with E-state index in [9.17, 15) is 18.4 Å². The van der Waals surface area contributed by atoms with Gasteiger partial charge in [-0.05, 0) is 0 Å². The third kappa shape index (κ3) is 3.74. The van der Waals surface area contributed by atoms with E-state index >= 15 is 0 Å². The van der Waals surface area contributed by atoms with E-state index in [2.05, 4.69) is 0 Å². The van der Waals surface area contributed by atoms with Gasteiger partial charge in [0.1, 0.15) is 0 Å². The number of rotatable bonds is 2. The van der Waals surface area contributed by atoms with Crippen LogP contribution in [0.2, 0.25) is 0 Å². The zero-order valence-electron chi connectivity index (χ0n) is 11.1. The zero-order valence-corrected chi connectivity index (χ0v) is 11.9. The van der Waals surface area contributed by atoms with Gasteiger partial charge in [0.15, 0.2) is 0 Å². The first-order chi connectivity index (χ1) is 9.39. The van der Waals surface area contributed by atoms with E-state index in [1.54, 1.807) is 11.8 Å². The Morgan fingerprint density at radius 1 is 1.25 bits per heavy atom. The first-order valence-electron chi connectivity index (χ1n) is 6.62. The molecule has 2 aliphatic heterocycles. The topological polar surface area (TPSA) is 60.9 Å². The summed E-state index contributed by atoms with van der Waals surface area (Å²) < 4.78 is 26.2. The van der Waals surface area contributed by atoms with Crippen molar-refractivity contribution in [3.05, 3.63) is 0 Å². The molecule has 0 aromatic heterocycles. The maximum absolute atomic E-state index is 13.1. The van der Waals surface area contributed by atoms with Gasteiger partial charge in [-0.15, -0.1) is 0 Å². The van der Waals surface area contributed by atoms with Gasteiger partial charge in [-0.3, -0.25) is 4.79 Å². The Bertz CT molecular complexity index is 385. The molecule has 0 aromatic rings. The number of thioether (sulfide) groups is 1. The third-order valence-corrected chi connectivity index (χ3v) is 4.74. The number of nitrogens with zero attached hydrogens (tertiary/aromatic N) is 2. The van der Waals surface area contributed by atoms with Crippen molar-refractivity contribution < 1.29 is 23.5 Å². The zero-order chi connectivity index (χ0) is 14.8. The second-order valence-electron chi connectivity index (χ2n) is 5.15. The molecule has 2 heterocycles. The number of halogens is 2. The van der Waals surface area contributed by atoms with E-state index in [0.717, 1.165) is 5.75 Å². The van der Waals surface area contributed by atoms with E-state index < -0.39 is 11.9 Å². The SMILES string of the molecule is O=C(O)CC1CSCCN1C(=O)N1CCC(F)(F)CC1. The average molecular weight is 308 g/mol. The number of urea groups is 1. The fraction of sp³-hybridized carbons (Fsp3) is 0.833. The Kier molecular flexibility index (Phi) is 4.72. The highest BCUT2D eigenvalue weighted by Crippen LogP contribution is 2.29. The molecular weight excluding hydrogens is 290 g/mol. The largest absolute Gasteiger partial charge is 0.481 e. The predicted octanol–water partition coefficient (Wildman–Crippen LogP) is 1.73. The molecule has 5 nitrogen and oxygen atoms in total. The number of piperidine rings is 1. The Morgan fingerprint density at radius 3 is 2.50 bits per heavy atom. The minimum atomic E-state index is -2.69. The molecule has 2 fully saturated rings. The van der Waals surface area contributed by atoms with E-state index in [4.69, 9.17) is 5.11 Å². The number of carbonyl (C=O) groups is 2. The van der Waals surface area contributed by atoms with Gasteiger partial charge in [0.05, 0.1) is 12.5 Å². The molecule has 1 N–H and O–H groups in total. The van der Waals surface area contributed by atoms with Crippen LogP contribution in [0.1, 0.15) is 19.3 Å². The molecule has 2 rings (SSSR count). The molecule has 0 aliphatic carbocycles. The Labute approximate surface area is 120 Å². The number of hydrogen-bond acceptors (Lipinski definition) is 3. The van der Waals surface area contributed by atoms with Crippen LogP contribution in [0.15, 0.2) is 0 Å². The van der Waals surface area contributed by atoms with Gasteiger partial charge in [0.25, 0.3) is 5.92 Å². The second-order valence-corrected chi connectivity index (χ2v) is 6.30. The van der Waals surface area contributed by atoms with Gasteiger partial charge in [-0.2, -0.15) is 11.8 Å². The van der Waals surface area contributed by atoms with Crippen LogP contribution in [0.3, 0.4) is 0 Å². The highest BCUT2D eigenvalue weighted by molar-refractivity contribution is 7.99. The highest BCUT2D eigenvalue weighted by atomic mass is 32.2. The van der Waals surface area contributed by atoms with Crippen LogP contribution in [0.4, 0.5) is 13.6 Å². The standard InChI is InChI=1S/C12H18F2N2O3S/c13-12(14)1-3-15(4-2-12)11(19)16-5-6-20-8-9(16)7-10(17)18/h9H,1-8H2,(H,17,18). The number of likely N-dealkylation sites (tertiary alicyclic amines) is 1. The van der Waals surface area contributed by atoms with Gasteiger partial charge in [0.2, 0.25) is 0 Å². The van der Waals surface area contributed by atoms with Crippen molar-refractivity contribution in [3.63, 3.8) is 0 Å². The molecule has 0 radical (unpaired) electrons. The normalized spacial score (nSPS) is 26.4. The molecule has 114 valence electrons. The van der Waals surface area contributed by atoms with Crippen LogP contribution in [0.5, 0.6) is 0 Å². The van der Waals surface area contributed by atoms with Crippen LogP contribution < -0.4 is 0 Å². The predicted molar refractivity (Wildman–Crippen MR) is 71.2 cm³/mol. The second kappa shape index (κ2) is 6.15. The molecule has 1 atom stereocenters. The lowest BCUT2D eigenvalue weighted by molar-refractivity contribution is -0.138. The van der Waals surface area contributed by atoms with Crippen molar-refractivity contribution >= 4 is 23.8 Å². The number of alkyl halides is 2. The molecule has 1 unspecified atom stereocenters. The van der Waals surface area contributed by atoms with Crippen molar-refractivity contribution in [3.8, 4) is 0 Å². The summed E-state index contributed by atoms with van der Waals surface area (Å²) in [5.41, 5.74) is 0. The van der Waals surface area contributed by atoms with E-state index in [1.165, 1.54) is 9.80 Å². The molecule has 0 saturated carbocycles. The number of carboxylic acid groups (broad SMARTS) is 1. The third-order valence-electron chi connectivity index (χ3n) is 3.65. The maximum Gasteiger partial charge on any atom is 0.320 e. The molecule has 2 aliphatic rings. The minimum Gasteiger partial charge on any atom is -0.481 e. The Morgan fingerprint density at radius 2 is 1.90 bits per heavy atom. The van der Waals surface area contributed by atoms with Gasteiger partial charge >= 0.3 is 12.0 Å². The van der Waals surface area contributed by atoms with Crippen LogP contribution >= 0.6 is 11.8 Å². The molecule has 2 amide bonds. The fourth-order valence-electron chi connectivity index (χ4n) is 2.48. The molecule has 0 aromatic carbocycles. The van der Waals surface area contributed by atoms with Crippen LogP contribution in [-0.2, 0) is 4.79 Å². The lowest BCUT2D eigenvalue weighted by Gasteiger charge is -2.40. The Balaban J connectivity index is 1.97. The summed E-state index contributed by atoms with van der Waals surface area (Å²) in [5.74, 6) is -2.29. The van der Waals surface area contributed by atoms with E-state index in [-0.39, 0.29) is 44.4 Å². The summed E-state index contributed by atoms with van der Waals surface area (Å²) >= 11 is 1.62. The summed E-state index contributed by atoms with van der Waals surface area (Å²) in [6.45, 7) is 0.554.